The Morgan fingerprint density at radius 1 is 1.07 bits per heavy atom. The summed E-state index contributed by atoms with van der Waals surface area (Å²) in [7, 11) is 1.84. The summed E-state index contributed by atoms with van der Waals surface area (Å²) in [6.07, 6.45) is 2.79. The predicted molar refractivity (Wildman–Crippen MR) is 132 cm³/mol. The third-order valence-corrected chi connectivity index (χ3v) is 5.47. The second-order valence-electron chi connectivity index (χ2n) is 7.16. The standard InChI is InChI=1S/C21H26ClN7.HI/c1-23-21(24-10-9-20-26-25-19-4-2-3-11-29(19)20)28-14-12-27(13-15-28)16-17-5-7-18(22)8-6-17;/h2-8,11H,9-10,12-16H2,1H3,(H,23,24);1H. The van der Waals surface area contributed by atoms with Gasteiger partial charge in [0.2, 0.25) is 0 Å². The fourth-order valence-electron chi connectivity index (χ4n) is 3.65. The van der Waals surface area contributed by atoms with Gasteiger partial charge in [-0.15, -0.1) is 34.2 Å². The van der Waals surface area contributed by atoms with Gasteiger partial charge in [-0.3, -0.25) is 14.3 Å². The number of aromatic nitrogens is 3. The van der Waals surface area contributed by atoms with Gasteiger partial charge in [0.1, 0.15) is 5.82 Å². The molecule has 1 aromatic carbocycles. The highest BCUT2D eigenvalue weighted by Gasteiger charge is 2.19. The van der Waals surface area contributed by atoms with Gasteiger partial charge >= 0.3 is 0 Å². The summed E-state index contributed by atoms with van der Waals surface area (Å²) in [6, 6.07) is 14.0. The molecule has 3 aromatic rings. The van der Waals surface area contributed by atoms with Gasteiger partial charge in [-0.1, -0.05) is 29.8 Å². The zero-order valence-corrected chi connectivity index (χ0v) is 20.1. The summed E-state index contributed by atoms with van der Waals surface area (Å²) in [5.41, 5.74) is 2.18. The number of guanidine groups is 1. The van der Waals surface area contributed by atoms with Gasteiger partial charge in [-0.25, -0.2) is 0 Å². The Kier molecular flexibility index (Phi) is 8.29. The minimum atomic E-state index is 0. The Bertz CT molecular complexity index is 965. The number of hydrogen-bond acceptors (Lipinski definition) is 4. The fraction of sp³-hybridized carbons (Fsp3) is 0.381. The van der Waals surface area contributed by atoms with Crippen molar-refractivity contribution in [3.63, 3.8) is 0 Å². The number of aliphatic imine (C=N–C) groups is 1. The maximum atomic E-state index is 5.98. The molecular formula is C21H27ClIN7. The second kappa shape index (κ2) is 10.9. The van der Waals surface area contributed by atoms with Crippen molar-refractivity contribution in [2.75, 3.05) is 39.8 Å². The molecule has 0 amide bonds. The van der Waals surface area contributed by atoms with Crippen LogP contribution in [0.2, 0.25) is 5.02 Å². The maximum Gasteiger partial charge on any atom is 0.193 e. The highest BCUT2D eigenvalue weighted by molar-refractivity contribution is 14.0. The molecule has 7 nitrogen and oxygen atoms in total. The van der Waals surface area contributed by atoms with E-state index in [9.17, 15) is 0 Å². The number of benzene rings is 1. The van der Waals surface area contributed by atoms with Gasteiger partial charge in [0, 0.05) is 64.0 Å². The molecule has 0 atom stereocenters. The van der Waals surface area contributed by atoms with E-state index >= 15 is 0 Å². The average Bonchev–Trinajstić information content (AvgIpc) is 3.17. The molecule has 1 aliphatic heterocycles. The molecule has 160 valence electrons. The first kappa shape index (κ1) is 22.8. The van der Waals surface area contributed by atoms with Crippen molar-refractivity contribution >= 4 is 47.2 Å². The molecule has 0 spiro atoms. The van der Waals surface area contributed by atoms with Crippen LogP contribution in [0.4, 0.5) is 0 Å². The van der Waals surface area contributed by atoms with E-state index in [1.807, 2.05) is 48.0 Å². The Labute approximate surface area is 199 Å². The first-order valence-corrected chi connectivity index (χ1v) is 10.3. The van der Waals surface area contributed by atoms with Crippen LogP contribution in [0, 0.1) is 0 Å². The van der Waals surface area contributed by atoms with Crippen molar-refractivity contribution in [2.45, 2.75) is 13.0 Å². The van der Waals surface area contributed by atoms with Crippen LogP contribution in [0.25, 0.3) is 5.65 Å². The van der Waals surface area contributed by atoms with Gasteiger partial charge in [-0.2, -0.15) is 0 Å². The van der Waals surface area contributed by atoms with Gasteiger partial charge in [0.15, 0.2) is 11.6 Å². The Morgan fingerprint density at radius 2 is 1.83 bits per heavy atom. The van der Waals surface area contributed by atoms with E-state index in [-0.39, 0.29) is 24.0 Å². The second-order valence-corrected chi connectivity index (χ2v) is 7.60. The SMILES string of the molecule is CN=C(NCCc1nnc2ccccn12)N1CCN(Cc2ccc(Cl)cc2)CC1.I. The van der Waals surface area contributed by atoms with E-state index in [2.05, 4.69) is 42.4 Å². The smallest absolute Gasteiger partial charge is 0.193 e. The number of pyridine rings is 1. The van der Waals surface area contributed by atoms with E-state index in [1.165, 1.54) is 5.56 Å². The minimum absolute atomic E-state index is 0. The molecule has 30 heavy (non-hydrogen) atoms. The topological polar surface area (TPSA) is 61.1 Å². The largest absolute Gasteiger partial charge is 0.356 e. The summed E-state index contributed by atoms with van der Waals surface area (Å²) in [6.45, 7) is 5.67. The van der Waals surface area contributed by atoms with Crippen molar-refractivity contribution in [1.29, 1.82) is 0 Å². The molecule has 1 fully saturated rings. The number of hydrogen-bond donors (Lipinski definition) is 1. The maximum absolute atomic E-state index is 5.98. The van der Waals surface area contributed by atoms with Crippen molar-refractivity contribution < 1.29 is 0 Å². The zero-order chi connectivity index (χ0) is 20.1. The third-order valence-electron chi connectivity index (χ3n) is 5.22. The van der Waals surface area contributed by atoms with Gasteiger partial charge in [-0.05, 0) is 29.8 Å². The first-order chi connectivity index (χ1) is 14.2. The number of fused-ring (bicyclic) bond motifs is 1. The van der Waals surface area contributed by atoms with E-state index in [4.69, 9.17) is 11.6 Å². The van der Waals surface area contributed by atoms with Crippen molar-refractivity contribution in [3.8, 4) is 0 Å². The minimum Gasteiger partial charge on any atom is -0.356 e. The molecule has 0 aliphatic carbocycles. The van der Waals surface area contributed by atoms with Crippen LogP contribution in [0.15, 0.2) is 53.7 Å². The van der Waals surface area contributed by atoms with Crippen molar-refractivity contribution in [1.82, 2.24) is 29.7 Å². The zero-order valence-electron chi connectivity index (χ0n) is 17.0. The predicted octanol–water partition coefficient (Wildman–Crippen LogP) is 2.94. The van der Waals surface area contributed by atoms with Gasteiger partial charge < -0.3 is 10.2 Å². The molecule has 0 unspecified atom stereocenters. The number of nitrogens with one attached hydrogen (secondary N) is 1. The van der Waals surface area contributed by atoms with Gasteiger partial charge in [0.05, 0.1) is 0 Å². The first-order valence-electron chi connectivity index (χ1n) is 9.94. The van der Waals surface area contributed by atoms with E-state index in [0.717, 1.165) is 68.1 Å². The number of halogens is 2. The fourth-order valence-corrected chi connectivity index (χ4v) is 3.77. The summed E-state index contributed by atoms with van der Waals surface area (Å²) >= 11 is 5.98. The van der Waals surface area contributed by atoms with Gasteiger partial charge in [0.25, 0.3) is 0 Å². The van der Waals surface area contributed by atoms with Crippen LogP contribution in [0.5, 0.6) is 0 Å². The quantitative estimate of drug-likeness (QED) is 0.307. The monoisotopic (exact) mass is 539 g/mol. The molecule has 9 heteroatoms. The molecule has 0 saturated carbocycles. The summed E-state index contributed by atoms with van der Waals surface area (Å²) in [5, 5.41) is 12.8. The van der Waals surface area contributed by atoms with E-state index in [1.54, 1.807) is 0 Å². The number of nitrogens with zero attached hydrogens (tertiary/aromatic N) is 6. The normalized spacial score (nSPS) is 15.3. The molecule has 4 rings (SSSR count). The summed E-state index contributed by atoms with van der Waals surface area (Å²) in [4.78, 5) is 9.25. The van der Waals surface area contributed by atoms with Crippen LogP contribution in [-0.4, -0.2) is 70.1 Å². The summed E-state index contributed by atoms with van der Waals surface area (Å²) < 4.78 is 2.03. The van der Waals surface area contributed by atoms with Crippen LogP contribution >= 0.6 is 35.6 Å². The van der Waals surface area contributed by atoms with Crippen molar-refractivity contribution in [3.05, 3.63) is 65.1 Å². The molecule has 0 bridgehead atoms. The van der Waals surface area contributed by atoms with Crippen LogP contribution in [-0.2, 0) is 13.0 Å². The lowest BCUT2D eigenvalue weighted by molar-refractivity contribution is 0.172. The van der Waals surface area contributed by atoms with E-state index in [0.29, 0.717) is 0 Å². The van der Waals surface area contributed by atoms with Crippen molar-refractivity contribution in [2.24, 2.45) is 4.99 Å². The molecular weight excluding hydrogens is 513 g/mol. The lowest BCUT2D eigenvalue weighted by Crippen LogP contribution is -2.52. The highest BCUT2D eigenvalue weighted by atomic mass is 127. The Balaban J connectivity index is 0.00000256. The molecule has 1 N–H and O–H groups in total. The molecule has 3 heterocycles. The summed E-state index contributed by atoms with van der Waals surface area (Å²) in [5.74, 6) is 1.90. The van der Waals surface area contributed by atoms with E-state index < -0.39 is 0 Å². The molecule has 2 aromatic heterocycles. The lowest BCUT2D eigenvalue weighted by atomic mass is 10.2. The average molecular weight is 540 g/mol. The Morgan fingerprint density at radius 3 is 2.57 bits per heavy atom. The number of rotatable bonds is 5. The van der Waals surface area contributed by atoms with Crippen LogP contribution in [0.3, 0.4) is 0 Å². The number of piperazine rings is 1. The highest BCUT2D eigenvalue weighted by Crippen LogP contribution is 2.13. The lowest BCUT2D eigenvalue weighted by Gasteiger charge is -2.36. The molecule has 1 aliphatic rings. The Hall–Kier alpha value is -1.91. The van der Waals surface area contributed by atoms with Crippen LogP contribution < -0.4 is 5.32 Å². The van der Waals surface area contributed by atoms with Crippen LogP contribution in [0.1, 0.15) is 11.4 Å². The molecule has 1 saturated heterocycles. The third kappa shape index (κ3) is 5.61. The molecule has 0 radical (unpaired) electrons.